The summed E-state index contributed by atoms with van der Waals surface area (Å²) in [7, 11) is 0. The van der Waals surface area contributed by atoms with E-state index in [1.54, 1.807) is 18.2 Å². The number of carbonyl (C=O) groups is 2. The quantitative estimate of drug-likeness (QED) is 0.564. The number of hydrogen-bond donors (Lipinski definition) is 4. The Morgan fingerprint density at radius 1 is 1.27 bits per heavy atom. The van der Waals surface area contributed by atoms with Crippen molar-refractivity contribution in [3.63, 3.8) is 0 Å². The second kappa shape index (κ2) is 4.70. The van der Waals surface area contributed by atoms with Crippen molar-refractivity contribution in [1.82, 2.24) is 20.6 Å². The number of para-hydroxylation sites is 1. The minimum atomic E-state index is -0.356. The fourth-order valence-electron chi connectivity index (χ4n) is 2.88. The van der Waals surface area contributed by atoms with Gasteiger partial charge in [0.1, 0.15) is 6.10 Å². The third-order valence-electron chi connectivity index (χ3n) is 4.02. The SMILES string of the molecule is O=C1CCC(NC(=O)c2cccc3[nH]c(=O)[nH]c23)C2OC2N1. The van der Waals surface area contributed by atoms with Gasteiger partial charge in [0.05, 0.1) is 22.6 Å². The molecule has 0 spiro atoms. The number of hydrogen-bond acceptors (Lipinski definition) is 4. The molecule has 3 heterocycles. The van der Waals surface area contributed by atoms with Crippen molar-refractivity contribution in [3.8, 4) is 0 Å². The molecule has 8 nitrogen and oxygen atoms in total. The van der Waals surface area contributed by atoms with Gasteiger partial charge in [-0.25, -0.2) is 4.79 Å². The van der Waals surface area contributed by atoms with Gasteiger partial charge >= 0.3 is 5.69 Å². The van der Waals surface area contributed by atoms with Crippen LogP contribution in [-0.4, -0.2) is 40.2 Å². The van der Waals surface area contributed by atoms with Gasteiger partial charge in [0.15, 0.2) is 6.23 Å². The van der Waals surface area contributed by atoms with Gasteiger partial charge in [-0.3, -0.25) is 9.59 Å². The second-order valence-corrected chi connectivity index (χ2v) is 5.51. The molecular weight excluding hydrogens is 288 g/mol. The highest BCUT2D eigenvalue weighted by Gasteiger charge is 2.48. The van der Waals surface area contributed by atoms with E-state index in [2.05, 4.69) is 20.6 Å². The molecule has 0 aliphatic carbocycles. The number of H-pyrrole nitrogens is 2. The number of rotatable bonds is 2. The minimum absolute atomic E-state index is 0.0682. The highest BCUT2D eigenvalue weighted by atomic mass is 16.6. The Labute approximate surface area is 124 Å². The maximum atomic E-state index is 12.5. The standard InChI is InChI=1S/C14H14N4O4/c19-9-5-4-8(11-13(17-9)22-11)15-12(20)6-2-1-3-7-10(6)18-14(21)16-7/h1-3,8,11,13H,4-5H2,(H,15,20)(H,17,19)(H2,16,18,21). The lowest BCUT2D eigenvalue weighted by atomic mass is 10.1. The maximum Gasteiger partial charge on any atom is 0.323 e. The van der Waals surface area contributed by atoms with Gasteiger partial charge in [-0.05, 0) is 18.6 Å². The summed E-state index contributed by atoms with van der Waals surface area (Å²) in [6.45, 7) is 0. The van der Waals surface area contributed by atoms with Crippen LogP contribution in [-0.2, 0) is 9.53 Å². The number of benzene rings is 1. The summed E-state index contributed by atoms with van der Waals surface area (Å²) >= 11 is 0. The molecule has 2 aliphatic heterocycles. The number of imidazole rings is 1. The van der Waals surface area contributed by atoms with Crippen LogP contribution < -0.4 is 16.3 Å². The molecule has 2 aliphatic rings. The number of ether oxygens (including phenoxy) is 1. The predicted molar refractivity (Wildman–Crippen MR) is 76.2 cm³/mol. The number of amides is 2. The van der Waals surface area contributed by atoms with E-state index in [1.807, 2.05) is 0 Å². The zero-order chi connectivity index (χ0) is 15.3. The highest BCUT2D eigenvalue weighted by Crippen LogP contribution is 2.28. The van der Waals surface area contributed by atoms with Crippen LogP contribution in [0.2, 0.25) is 0 Å². The number of epoxide rings is 1. The van der Waals surface area contributed by atoms with E-state index in [4.69, 9.17) is 4.74 Å². The van der Waals surface area contributed by atoms with Crippen LogP contribution >= 0.6 is 0 Å². The summed E-state index contributed by atoms with van der Waals surface area (Å²) in [6, 6.07) is 4.85. The first-order valence-corrected chi connectivity index (χ1v) is 7.08. The van der Waals surface area contributed by atoms with Crippen LogP contribution in [0.1, 0.15) is 23.2 Å². The minimum Gasteiger partial charge on any atom is -0.346 e. The lowest BCUT2D eigenvalue weighted by molar-refractivity contribution is -0.121. The van der Waals surface area contributed by atoms with Crippen molar-refractivity contribution in [3.05, 3.63) is 34.2 Å². The average molecular weight is 302 g/mol. The molecule has 4 rings (SSSR count). The van der Waals surface area contributed by atoms with Crippen LogP contribution in [0.3, 0.4) is 0 Å². The fourth-order valence-corrected chi connectivity index (χ4v) is 2.88. The fraction of sp³-hybridized carbons (Fsp3) is 0.357. The van der Waals surface area contributed by atoms with E-state index >= 15 is 0 Å². The van der Waals surface area contributed by atoms with E-state index in [0.29, 0.717) is 29.4 Å². The van der Waals surface area contributed by atoms with Crippen LogP contribution in [0.5, 0.6) is 0 Å². The molecule has 22 heavy (non-hydrogen) atoms. The van der Waals surface area contributed by atoms with E-state index in [0.717, 1.165) is 0 Å². The second-order valence-electron chi connectivity index (χ2n) is 5.51. The van der Waals surface area contributed by atoms with Crippen LogP contribution in [0.15, 0.2) is 23.0 Å². The molecule has 3 atom stereocenters. The summed E-state index contributed by atoms with van der Waals surface area (Å²) in [4.78, 5) is 40.6. The van der Waals surface area contributed by atoms with Crippen LogP contribution in [0, 0.1) is 0 Å². The smallest absolute Gasteiger partial charge is 0.323 e. The van der Waals surface area contributed by atoms with Gasteiger partial charge in [0, 0.05) is 6.42 Å². The zero-order valence-electron chi connectivity index (χ0n) is 11.5. The topological polar surface area (TPSA) is 119 Å². The Balaban J connectivity index is 1.59. The van der Waals surface area contributed by atoms with Gasteiger partial charge < -0.3 is 25.3 Å². The first-order chi connectivity index (χ1) is 10.6. The summed E-state index contributed by atoms with van der Waals surface area (Å²) < 4.78 is 5.36. The molecule has 2 aromatic rings. The lowest BCUT2D eigenvalue weighted by Gasteiger charge is -2.15. The first kappa shape index (κ1) is 13.1. The Morgan fingerprint density at radius 3 is 3.00 bits per heavy atom. The van der Waals surface area contributed by atoms with Crippen LogP contribution in [0.25, 0.3) is 11.0 Å². The van der Waals surface area contributed by atoms with Crippen molar-refractivity contribution in [2.24, 2.45) is 0 Å². The molecule has 4 N–H and O–H groups in total. The van der Waals surface area contributed by atoms with E-state index in [1.165, 1.54) is 0 Å². The molecule has 0 saturated carbocycles. The molecule has 0 bridgehead atoms. The van der Waals surface area contributed by atoms with Gasteiger partial charge in [0.25, 0.3) is 5.91 Å². The lowest BCUT2D eigenvalue weighted by Crippen LogP contribution is -2.39. The molecule has 8 heteroatoms. The van der Waals surface area contributed by atoms with Gasteiger partial charge in [-0.15, -0.1) is 0 Å². The highest BCUT2D eigenvalue weighted by molar-refractivity contribution is 6.04. The molecular formula is C14H14N4O4. The Hall–Kier alpha value is -2.61. The summed E-state index contributed by atoms with van der Waals surface area (Å²) in [5.41, 5.74) is 1.08. The summed E-state index contributed by atoms with van der Waals surface area (Å²) in [6.07, 6.45) is 0.397. The third kappa shape index (κ3) is 2.17. The van der Waals surface area contributed by atoms with Gasteiger partial charge in [0.2, 0.25) is 5.91 Å². The third-order valence-corrected chi connectivity index (χ3v) is 4.02. The molecule has 114 valence electrons. The first-order valence-electron chi connectivity index (χ1n) is 7.08. The Morgan fingerprint density at radius 2 is 2.14 bits per heavy atom. The van der Waals surface area contributed by atoms with E-state index in [-0.39, 0.29) is 35.9 Å². The Bertz CT molecular complexity index is 824. The number of fused-ring (bicyclic) bond motifs is 2. The average Bonchev–Trinajstić information content (AvgIpc) is 3.14. The van der Waals surface area contributed by atoms with Crippen molar-refractivity contribution in [2.75, 3.05) is 0 Å². The van der Waals surface area contributed by atoms with Gasteiger partial charge in [-0.2, -0.15) is 0 Å². The van der Waals surface area contributed by atoms with Crippen LogP contribution in [0.4, 0.5) is 0 Å². The maximum absolute atomic E-state index is 12.5. The Kier molecular flexibility index (Phi) is 2.80. The normalized spacial score (nSPS) is 26.9. The van der Waals surface area contributed by atoms with E-state index < -0.39 is 0 Å². The molecule has 3 unspecified atom stereocenters. The number of carbonyl (C=O) groups excluding carboxylic acids is 2. The van der Waals surface area contributed by atoms with Crippen molar-refractivity contribution < 1.29 is 14.3 Å². The van der Waals surface area contributed by atoms with Crippen molar-refractivity contribution in [2.45, 2.75) is 31.2 Å². The largest absolute Gasteiger partial charge is 0.346 e. The predicted octanol–water partition coefficient (Wildman–Crippen LogP) is -0.410. The number of aromatic nitrogens is 2. The monoisotopic (exact) mass is 302 g/mol. The van der Waals surface area contributed by atoms with Crippen molar-refractivity contribution in [1.29, 1.82) is 0 Å². The van der Waals surface area contributed by atoms with E-state index in [9.17, 15) is 14.4 Å². The number of aromatic amines is 2. The molecule has 2 saturated heterocycles. The van der Waals surface area contributed by atoms with Gasteiger partial charge in [-0.1, -0.05) is 6.07 Å². The molecule has 0 radical (unpaired) electrons. The molecule has 1 aromatic carbocycles. The number of nitrogens with one attached hydrogen (secondary N) is 4. The van der Waals surface area contributed by atoms with Crippen molar-refractivity contribution >= 4 is 22.8 Å². The zero-order valence-corrected chi connectivity index (χ0v) is 11.5. The molecule has 2 fully saturated rings. The summed E-state index contributed by atoms with van der Waals surface area (Å²) in [5, 5.41) is 5.62. The summed E-state index contributed by atoms with van der Waals surface area (Å²) in [5.74, 6) is -0.365. The molecule has 2 amide bonds. The molecule has 1 aromatic heterocycles.